The van der Waals surface area contributed by atoms with Crippen molar-refractivity contribution in [2.75, 3.05) is 26.2 Å². The largest absolute Gasteiger partial charge is 0.476 e. The number of rotatable bonds is 5. The maximum atomic E-state index is 5.86. The van der Waals surface area contributed by atoms with Crippen LogP contribution in [0.15, 0.2) is 0 Å². The van der Waals surface area contributed by atoms with Gasteiger partial charge in [0.2, 0.25) is 5.88 Å². The average Bonchev–Trinajstić information content (AvgIpc) is 2.65. The SMILES string of the molecule is Cc1nn(C)c(OCCN2CCCCC2)c1CN. The van der Waals surface area contributed by atoms with Crippen molar-refractivity contribution < 1.29 is 4.74 Å². The second-order valence-corrected chi connectivity index (χ2v) is 4.95. The van der Waals surface area contributed by atoms with Gasteiger partial charge in [0.05, 0.1) is 11.3 Å². The van der Waals surface area contributed by atoms with E-state index in [1.165, 1.54) is 32.4 Å². The van der Waals surface area contributed by atoms with Crippen LogP contribution in [-0.4, -0.2) is 40.9 Å². The molecule has 0 unspecified atom stereocenters. The summed E-state index contributed by atoms with van der Waals surface area (Å²) < 4.78 is 7.65. The molecule has 5 nitrogen and oxygen atoms in total. The first-order chi connectivity index (χ1) is 8.72. The van der Waals surface area contributed by atoms with Crippen LogP contribution in [0.5, 0.6) is 5.88 Å². The maximum absolute atomic E-state index is 5.86. The fraction of sp³-hybridized carbons (Fsp3) is 0.769. The van der Waals surface area contributed by atoms with Crippen molar-refractivity contribution in [3.8, 4) is 5.88 Å². The summed E-state index contributed by atoms with van der Waals surface area (Å²) in [6.07, 6.45) is 4.01. The molecule has 2 rings (SSSR count). The van der Waals surface area contributed by atoms with Crippen LogP contribution in [0, 0.1) is 6.92 Å². The fourth-order valence-electron chi connectivity index (χ4n) is 2.55. The van der Waals surface area contributed by atoms with Gasteiger partial charge in [0.1, 0.15) is 6.61 Å². The summed E-state index contributed by atoms with van der Waals surface area (Å²) in [5, 5.41) is 4.35. The van der Waals surface area contributed by atoms with Crippen molar-refractivity contribution in [2.24, 2.45) is 12.8 Å². The Balaban J connectivity index is 1.85. The molecule has 0 amide bonds. The number of hydrogen-bond donors (Lipinski definition) is 1. The number of nitrogens with two attached hydrogens (primary N) is 1. The number of nitrogens with zero attached hydrogens (tertiary/aromatic N) is 3. The number of hydrogen-bond acceptors (Lipinski definition) is 4. The first-order valence-electron chi connectivity index (χ1n) is 6.80. The van der Waals surface area contributed by atoms with E-state index in [1.54, 1.807) is 4.68 Å². The lowest BCUT2D eigenvalue weighted by molar-refractivity contribution is 0.176. The van der Waals surface area contributed by atoms with E-state index in [9.17, 15) is 0 Å². The summed E-state index contributed by atoms with van der Waals surface area (Å²) >= 11 is 0. The first kappa shape index (κ1) is 13.4. The van der Waals surface area contributed by atoms with E-state index < -0.39 is 0 Å². The molecule has 0 bridgehead atoms. The molecule has 0 aromatic carbocycles. The van der Waals surface area contributed by atoms with Gasteiger partial charge in [-0.3, -0.25) is 4.90 Å². The monoisotopic (exact) mass is 252 g/mol. The third kappa shape index (κ3) is 3.03. The molecule has 102 valence electrons. The molecule has 1 aromatic rings. The molecule has 1 aromatic heterocycles. The minimum absolute atomic E-state index is 0.485. The topological polar surface area (TPSA) is 56.3 Å². The van der Waals surface area contributed by atoms with Crippen LogP contribution in [0.4, 0.5) is 0 Å². The highest BCUT2D eigenvalue weighted by molar-refractivity contribution is 5.30. The summed E-state index contributed by atoms with van der Waals surface area (Å²) in [5.41, 5.74) is 7.73. The van der Waals surface area contributed by atoms with E-state index >= 15 is 0 Å². The molecular formula is C13H24N4O. The highest BCUT2D eigenvalue weighted by Crippen LogP contribution is 2.20. The van der Waals surface area contributed by atoms with Gasteiger partial charge in [0.25, 0.3) is 0 Å². The Hall–Kier alpha value is -1.07. The van der Waals surface area contributed by atoms with Crippen molar-refractivity contribution in [1.82, 2.24) is 14.7 Å². The second kappa shape index (κ2) is 6.20. The predicted molar refractivity (Wildman–Crippen MR) is 71.6 cm³/mol. The second-order valence-electron chi connectivity index (χ2n) is 4.95. The highest BCUT2D eigenvalue weighted by Gasteiger charge is 2.14. The zero-order chi connectivity index (χ0) is 13.0. The third-order valence-corrected chi connectivity index (χ3v) is 3.59. The molecule has 0 radical (unpaired) electrons. The zero-order valence-electron chi connectivity index (χ0n) is 11.5. The van der Waals surface area contributed by atoms with Gasteiger partial charge in [0.15, 0.2) is 0 Å². The van der Waals surface area contributed by atoms with Crippen molar-refractivity contribution in [1.29, 1.82) is 0 Å². The van der Waals surface area contributed by atoms with Gasteiger partial charge in [-0.05, 0) is 32.9 Å². The van der Waals surface area contributed by atoms with Crippen LogP contribution in [-0.2, 0) is 13.6 Å². The fourth-order valence-corrected chi connectivity index (χ4v) is 2.55. The van der Waals surface area contributed by atoms with Gasteiger partial charge in [0, 0.05) is 20.1 Å². The van der Waals surface area contributed by atoms with E-state index in [2.05, 4.69) is 10.00 Å². The molecule has 0 spiro atoms. The molecular weight excluding hydrogens is 228 g/mol. The van der Waals surface area contributed by atoms with E-state index in [0.717, 1.165) is 23.7 Å². The molecule has 2 heterocycles. The summed E-state index contributed by atoms with van der Waals surface area (Å²) in [6, 6.07) is 0. The molecule has 0 saturated carbocycles. The van der Waals surface area contributed by atoms with Crippen molar-refractivity contribution in [2.45, 2.75) is 32.7 Å². The maximum Gasteiger partial charge on any atom is 0.216 e. The van der Waals surface area contributed by atoms with Crippen molar-refractivity contribution in [3.05, 3.63) is 11.3 Å². The Labute approximate surface area is 109 Å². The Morgan fingerprint density at radius 2 is 2.00 bits per heavy atom. The van der Waals surface area contributed by atoms with Gasteiger partial charge >= 0.3 is 0 Å². The minimum atomic E-state index is 0.485. The Morgan fingerprint density at radius 1 is 1.28 bits per heavy atom. The Morgan fingerprint density at radius 3 is 2.67 bits per heavy atom. The first-order valence-corrected chi connectivity index (χ1v) is 6.80. The van der Waals surface area contributed by atoms with Crippen molar-refractivity contribution in [3.63, 3.8) is 0 Å². The predicted octanol–water partition coefficient (Wildman–Crippen LogP) is 1.05. The molecule has 1 fully saturated rings. The van der Waals surface area contributed by atoms with Crippen LogP contribution >= 0.6 is 0 Å². The van der Waals surface area contributed by atoms with Gasteiger partial charge in [-0.25, -0.2) is 4.68 Å². The zero-order valence-corrected chi connectivity index (χ0v) is 11.5. The van der Waals surface area contributed by atoms with Crippen LogP contribution in [0.3, 0.4) is 0 Å². The molecule has 1 aliphatic heterocycles. The van der Waals surface area contributed by atoms with E-state index in [-0.39, 0.29) is 0 Å². The van der Waals surface area contributed by atoms with E-state index in [1.807, 2.05) is 14.0 Å². The van der Waals surface area contributed by atoms with Gasteiger partial charge in [-0.15, -0.1) is 0 Å². The van der Waals surface area contributed by atoms with E-state index in [0.29, 0.717) is 13.2 Å². The lowest BCUT2D eigenvalue weighted by Crippen LogP contribution is -2.33. The van der Waals surface area contributed by atoms with Crippen LogP contribution < -0.4 is 10.5 Å². The van der Waals surface area contributed by atoms with E-state index in [4.69, 9.17) is 10.5 Å². The van der Waals surface area contributed by atoms with Gasteiger partial charge < -0.3 is 10.5 Å². The quantitative estimate of drug-likeness (QED) is 0.851. The molecule has 1 aliphatic rings. The standard InChI is InChI=1S/C13H24N4O/c1-11-12(10-14)13(16(2)15-11)18-9-8-17-6-4-3-5-7-17/h3-10,14H2,1-2H3. The normalized spacial score (nSPS) is 17.1. The molecule has 18 heavy (non-hydrogen) atoms. The van der Waals surface area contributed by atoms with Crippen LogP contribution in [0.2, 0.25) is 0 Å². The minimum Gasteiger partial charge on any atom is -0.476 e. The Kier molecular flexibility index (Phi) is 4.60. The van der Waals surface area contributed by atoms with Gasteiger partial charge in [-0.1, -0.05) is 6.42 Å². The lowest BCUT2D eigenvalue weighted by Gasteiger charge is -2.26. The molecule has 0 atom stereocenters. The summed E-state index contributed by atoms with van der Waals surface area (Å²) in [6.45, 7) is 6.58. The average molecular weight is 252 g/mol. The molecule has 1 saturated heterocycles. The number of likely N-dealkylation sites (tertiary alicyclic amines) is 1. The third-order valence-electron chi connectivity index (χ3n) is 3.59. The molecule has 2 N–H and O–H groups in total. The summed E-state index contributed by atoms with van der Waals surface area (Å²) in [4.78, 5) is 2.47. The summed E-state index contributed by atoms with van der Waals surface area (Å²) in [5.74, 6) is 0.826. The number of ether oxygens (including phenoxy) is 1. The number of piperidine rings is 1. The number of aryl methyl sites for hydroxylation is 2. The lowest BCUT2D eigenvalue weighted by atomic mass is 10.1. The highest BCUT2D eigenvalue weighted by atomic mass is 16.5. The Bertz CT molecular complexity index is 383. The smallest absolute Gasteiger partial charge is 0.216 e. The molecule has 0 aliphatic carbocycles. The van der Waals surface area contributed by atoms with Crippen LogP contribution in [0.25, 0.3) is 0 Å². The number of aromatic nitrogens is 2. The summed E-state index contributed by atoms with van der Waals surface area (Å²) in [7, 11) is 1.91. The van der Waals surface area contributed by atoms with Crippen molar-refractivity contribution >= 4 is 0 Å². The van der Waals surface area contributed by atoms with Gasteiger partial charge in [-0.2, -0.15) is 5.10 Å². The molecule has 5 heteroatoms. The van der Waals surface area contributed by atoms with Crippen LogP contribution in [0.1, 0.15) is 30.5 Å².